The van der Waals surface area contributed by atoms with Crippen molar-refractivity contribution in [1.29, 1.82) is 0 Å². The number of amides is 1. The SMILES string of the molecule is O=C(CSc1nnnn1-c1ccc(Cl)cc1)Nc1nc2ccccc2s1. The van der Waals surface area contributed by atoms with Crippen molar-refractivity contribution in [2.75, 3.05) is 11.1 Å². The number of nitrogens with one attached hydrogen (secondary N) is 1. The second-order valence-electron chi connectivity index (χ2n) is 5.17. The predicted octanol–water partition coefficient (Wildman–Crippen LogP) is 3.66. The van der Waals surface area contributed by atoms with Crippen LogP contribution in [-0.2, 0) is 4.79 Å². The van der Waals surface area contributed by atoms with Crippen molar-refractivity contribution in [3.8, 4) is 5.69 Å². The van der Waals surface area contributed by atoms with Crippen LogP contribution in [0.15, 0.2) is 53.7 Å². The Morgan fingerprint density at radius 2 is 2.00 bits per heavy atom. The Balaban J connectivity index is 1.42. The van der Waals surface area contributed by atoms with Gasteiger partial charge in [-0.1, -0.05) is 46.8 Å². The van der Waals surface area contributed by atoms with Crippen LogP contribution in [0.2, 0.25) is 5.02 Å². The Kier molecular flexibility index (Phi) is 4.83. The van der Waals surface area contributed by atoms with Crippen molar-refractivity contribution in [2.24, 2.45) is 0 Å². The number of benzene rings is 2. The van der Waals surface area contributed by atoms with Gasteiger partial charge in [0.1, 0.15) is 0 Å². The Labute approximate surface area is 161 Å². The van der Waals surface area contributed by atoms with Crippen molar-refractivity contribution < 1.29 is 4.79 Å². The fourth-order valence-corrected chi connectivity index (χ4v) is 3.92. The van der Waals surface area contributed by atoms with Crippen molar-refractivity contribution in [3.05, 3.63) is 53.6 Å². The molecule has 0 radical (unpaired) electrons. The number of aromatic nitrogens is 5. The van der Waals surface area contributed by atoms with Gasteiger partial charge in [-0.2, -0.15) is 4.68 Å². The highest BCUT2D eigenvalue weighted by molar-refractivity contribution is 7.99. The summed E-state index contributed by atoms with van der Waals surface area (Å²) in [5.74, 6) is 0.00359. The number of rotatable bonds is 5. The summed E-state index contributed by atoms with van der Waals surface area (Å²) < 4.78 is 2.59. The Morgan fingerprint density at radius 3 is 2.81 bits per heavy atom. The fourth-order valence-electron chi connectivity index (χ4n) is 2.22. The number of hydrogen-bond donors (Lipinski definition) is 1. The van der Waals surface area contributed by atoms with E-state index in [4.69, 9.17) is 11.6 Å². The summed E-state index contributed by atoms with van der Waals surface area (Å²) in [6, 6.07) is 14.9. The van der Waals surface area contributed by atoms with E-state index in [9.17, 15) is 4.79 Å². The first-order chi connectivity index (χ1) is 12.7. The van der Waals surface area contributed by atoms with Crippen molar-refractivity contribution in [1.82, 2.24) is 25.2 Å². The maximum absolute atomic E-state index is 12.2. The number of carbonyl (C=O) groups is 1. The molecular formula is C16H11ClN6OS2. The summed E-state index contributed by atoms with van der Waals surface area (Å²) in [7, 11) is 0. The fraction of sp³-hybridized carbons (Fsp3) is 0.0625. The van der Waals surface area contributed by atoms with Gasteiger partial charge in [0.25, 0.3) is 0 Å². The normalized spacial score (nSPS) is 11.0. The summed E-state index contributed by atoms with van der Waals surface area (Å²) >= 11 is 8.58. The molecule has 1 amide bonds. The zero-order valence-corrected chi connectivity index (χ0v) is 15.6. The zero-order valence-electron chi connectivity index (χ0n) is 13.2. The molecule has 0 unspecified atom stereocenters. The van der Waals surface area contributed by atoms with Crippen LogP contribution >= 0.6 is 34.7 Å². The second-order valence-corrected chi connectivity index (χ2v) is 7.58. The van der Waals surface area contributed by atoms with E-state index < -0.39 is 0 Å². The van der Waals surface area contributed by atoms with Gasteiger partial charge in [-0.25, -0.2) is 4.98 Å². The quantitative estimate of drug-likeness (QED) is 0.513. The first kappa shape index (κ1) is 17.0. The zero-order chi connectivity index (χ0) is 17.9. The minimum atomic E-state index is -0.167. The van der Waals surface area contributed by atoms with Gasteiger partial charge in [-0.15, -0.1) is 5.10 Å². The highest BCUT2D eigenvalue weighted by Crippen LogP contribution is 2.26. The summed E-state index contributed by atoms with van der Waals surface area (Å²) in [5.41, 5.74) is 1.64. The second kappa shape index (κ2) is 7.40. The van der Waals surface area contributed by atoms with E-state index in [2.05, 4.69) is 25.8 Å². The number of halogens is 1. The van der Waals surface area contributed by atoms with Crippen LogP contribution in [0.3, 0.4) is 0 Å². The van der Waals surface area contributed by atoms with Gasteiger partial charge in [0, 0.05) is 5.02 Å². The first-order valence-electron chi connectivity index (χ1n) is 7.51. The smallest absolute Gasteiger partial charge is 0.236 e. The molecule has 0 aliphatic carbocycles. The maximum atomic E-state index is 12.2. The topological polar surface area (TPSA) is 85.6 Å². The number of para-hydroxylation sites is 1. The molecule has 2 aromatic carbocycles. The van der Waals surface area contributed by atoms with Crippen LogP contribution in [-0.4, -0.2) is 36.9 Å². The minimum Gasteiger partial charge on any atom is -0.301 e. The van der Waals surface area contributed by atoms with Crippen molar-refractivity contribution in [2.45, 2.75) is 5.16 Å². The molecule has 2 aromatic heterocycles. The lowest BCUT2D eigenvalue weighted by Gasteiger charge is -2.04. The molecule has 0 fully saturated rings. The standard InChI is InChI=1S/C16H11ClN6OS2/c17-10-5-7-11(8-6-10)23-16(20-21-22-23)25-9-14(24)19-15-18-12-3-1-2-4-13(12)26-15/h1-8H,9H2,(H,18,19,24). The molecule has 1 N–H and O–H groups in total. The number of thioether (sulfide) groups is 1. The Hall–Kier alpha value is -2.49. The monoisotopic (exact) mass is 402 g/mol. The van der Waals surface area contributed by atoms with Crippen LogP contribution in [0.5, 0.6) is 0 Å². The number of thiazole rings is 1. The van der Waals surface area contributed by atoms with Crippen molar-refractivity contribution in [3.63, 3.8) is 0 Å². The lowest BCUT2D eigenvalue weighted by atomic mass is 10.3. The van der Waals surface area contributed by atoms with Crippen molar-refractivity contribution >= 4 is 56.0 Å². The molecule has 0 saturated heterocycles. The Bertz CT molecular complexity index is 1030. The van der Waals surface area contributed by atoms with E-state index in [1.165, 1.54) is 23.1 Å². The first-order valence-corrected chi connectivity index (χ1v) is 9.69. The van der Waals surface area contributed by atoms with Gasteiger partial charge in [-0.05, 0) is 46.8 Å². The number of carbonyl (C=O) groups excluding carboxylic acids is 1. The molecule has 0 saturated carbocycles. The molecule has 0 atom stereocenters. The number of nitrogens with zero attached hydrogens (tertiary/aromatic N) is 5. The third kappa shape index (κ3) is 3.69. The molecule has 10 heteroatoms. The summed E-state index contributed by atoms with van der Waals surface area (Å²) in [5, 5.41) is 16.1. The lowest BCUT2D eigenvalue weighted by molar-refractivity contribution is -0.113. The minimum absolute atomic E-state index is 0.167. The van der Waals surface area contributed by atoms with Crippen LogP contribution in [0.4, 0.5) is 5.13 Å². The predicted molar refractivity (Wildman–Crippen MR) is 103 cm³/mol. The molecule has 0 aliphatic heterocycles. The lowest BCUT2D eigenvalue weighted by Crippen LogP contribution is -2.14. The summed E-state index contributed by atoms with van der Waals surface area (Å²) in [4.78, 5) is 16.6. The number of fused-ring (bicyclic) bond motifs is 1. The number of tetrazole rings is 1. The highest BCUT2D eigenvalue weighted by atomic mass is 35.5. The summed E-state index contributed by atoms with van der Waals surface area (Å²) in [6.07, 6.45) is 0. The molecule has 2 heterocycles. The number of anilines is 1. The molecule has 0 spiro atoms. The third-order valence-electron chi connectivity index (χ3n) is 3.38. The molecule has 4 rings (SSSR count). The molecule has 130 valence electrons. The van der Waals surface area contributed by atoms with Crippen LogP contribution in [0.25, 0.3) is 15.9 Å². The van der Waals surface area contributed by atoms with Crippen LogP contribution in [0.1, 0.15) is 0 Å². The Morgan fingerprint density at radius 1 is 1.19 bits per heavy atom. The highest BCUT2D eigenvalue weighted by Gasteiger charge is 2.13. The van der Waals surface area contributed by atoms with Gasteiger partial charge >= 0.3 is 0 Å². The maximum Gasteiger partial charge on any atom is 0.236 e. The molecular weight excluding hydrogens is 392 g/mol. The van der Waals surface area contributed by atoms with E-state index in [0.29, 0.717) is 15.3 Å². The largest absolute Gasteiger partial charge is 0.301 e. The van der Waals surface area contributed by atoms with Gasteiger partial charge in [0.05, 0.1) is 21.7 Å². The van der Waals surface area contributed by atoms with E-state index in [1.807, 2.05) is 36.4 Å². The summed E-state index contributed by atoms with van der Waals surface area (Å²) in [6.45, 7) is 0. The number of hydrogen-bond acceptors (Lipinski definition) is 7. The van der Waals surface area contributed by atoms with Gasteiger partial charge < -0.3 is 5.32 Å². The molecule has 4 aromatic rings. The van der Waals surface area contributed by atoms with E-state index >= 15 is 0 Å². The van der Waals surface area contributed by atoms with Gasteiger partial charge in [0.15, 0.2) is 5.13 Å². The molecule has 26 heavy (non-hydrogen) atoms. The van der Waals surface area contributed by atoms with E-state index in [-0.39, 0.29) is 11.7 Å². The molecule has 7 nitrogen and oxygen atoms in total. The van der Waals surface area contributed by atoms with Gasteiger partial charge in [0.2, 0.25) is 11.1 Å². The van der Waals surface area contributed by atoms with Crippen LogP contribution < -0.4 is 5.32 Å². The van der Waals surface area contributed by atoms with Gasteiger partial charge in [-0.3, -0.25) is 4.79 Å². The molecule has 0 bridgehead atoms. The third-order valence-corrected chi connectivity index (χ3v) is 5.51. The van der Waals surface area contributed by atoms with Crippen LogP contribution in [0, 0.1) is 0 Å². The average Bonchev–Trinajstić information content (AvgIpc) is 3.26. The average molecular weight is 403 g/mol. The molecule has 0 aliphatic rings. The van der Waals surface area contributed by atoms with E-state index in [0.717, 1.165) is 15.9 Å². The van der Waals surface area contributed by atoms with E-state index in [1.54, 1.807) is 16.8 Å².